The van der Waals surface area contributed by atoms with Crippen LogP contribution in [0.2, 0.25) is 0 Å². The summed E-state index contributed by atoms with van der Waals surface area (Å²) < 4.78 is 0. The normalized spacial score (nSPS) is 14.9. The lowest BCUT2D eigenvalue weighted by atomic mass is 10.0. The summed E-state index contributed by atoms with van der Waals surface area (Å²) in [5.74, 6) is -12.2. The quantitative estimate of drug-likeness (QED) is 0.0354. The maximum atomic E-state index is 14.3. The average molecular weight is 1070 g/mol. The van der Waals surface area contributed by atoms with Crippen LogP contribution in [0, 0.1) is 17.8 Å². The first-order chi connectivity index (χ1) is 35.7. The van der Waals surface area contributed by atoms with Crippen LogP contribution in [0.1, 0.15) is 112 Å². The first kappa shape index (κ1) is 64.9. The van der Waals surface area contributed by atoms with Crippen molar-refractivity contribution < 1.29 is 73.2 Å². The maximum absolute atomic E-state index is 14.3. The number of carboxylic acid groups (broad SMARTS) is 3. The Balaban J connectivity index is 2.46. The first-order valence-corrected chi connectivity index (χ1v) is 25.4. The van der Waals surface area contributed by atoms with Crippen molar-refractivity contribution in [3.8, 4) is 0 Å². The SMILES string of the molecule is CC(C)C[C@H](NC(=O)[C@H](CO)NC(=O)[C@H](C)NC(=O)[C@H](Cc1c[nH]c2ccccc12)NC(=O)[C@H](CCCCN)NC(=O)[C@H](CC(=O)O)NC(=O)[C@H](CC(C)C)NC(=O)[C@H](CCC(=O)O)NC(=O)[C@@H](N)CC(C)C)C(=O)O. The molecular formula is C50H79N11O15. The number of aliphatic carboxylic acids is 3. The van der Waals surface area contributed by atoms with Crippen molar-refractivity contribution in [1.29, 1.82) is 0 Å². The number of aromatic nitrogens is 1. The fourth-order valence-electron chi connectivity index (χ4n) is 7.93. The molecule has 0 fully saturated rings. The van der Waals surface area contributed by atoms with E-state index in [0.29, 0.717) is 22.9 Å². The average Bonchev–Trinajstić information content (AvgIpc) is 3.74. The Labute approximate surface area is 441 Å². The molecule has 0 saturated heterocycles. The van der Waals surface area contributed by atoms with Gasteiger partial charge in [-0.1, -0.05) is 59.7 Å². The number of hydrogen-bond acceptors (Lipinski definition) is 14. The van der Waals surface area contributed by atoms with Crippen LogP contribution in [0.5, 0.6) is 0 Å². The van der Waals surface area contributed by atoms with Gasteiger partial charge in [-0.15, -0.1) is 0 Å². The van der Waals surface area contributed by atoms with Crippen LogP contribution in [0.25, 0.3) is 10.9 Å². The van der Waals surface area contributed by atoms with Crippen molar-refractivity contribution >= 4 is 76.1 Å². The van der Waals surface area contributed by atoms with Crippen molar-refractivity contribution in [3.05, 3.63) is 36.0 Å². The van der Waals surface area contributed by atoms with E-state index in [-0.39, 0.29) is 69.2 Å². The number of carbonyl (C=O) groups is 11. The molecule has 0 aliphatic rings. The third-order valence-corrected chi connectivity index (χ3v) is 11.9. The monoisotopic (exact) mass is 1070 g/mol. The molecule has 26 heteroatoms. The topological polar surface area (TPSA) is 433 Å². The van der Waals surface area contributed by atoms with E-state index in [0.717, 1.165) is 0 Å². The van der Waals surface area contributed by atoms with E-state index in [9.17, 15) is 73.2 Å². The highest BCUT2D eigenvalue weighted by atomic mass is 16.4. The van der Waals surface area contributed by atoms with Crippen LogP contribution >= 0.6 is 0 Å². The van der Waals surface area contributed by atoms with E-state index in [4.69, 9.17) is 11.5 Å². The smallest absolute Gasteiger partial charge is 0.326 e. The van der Waals surface area contributed by atoms with Crippen molar-refractivity contribution in [2.75, 3.05) is 13.2 Å². The Hall–Kier alpha value is -7.19. The second kappa shape index (κ2) is 32.3. The molecule has 0 aliphatic carbocycles. The number of aliphatic hydroxyl groups excluding tert-OH is 1. The molecule has 1 aromatic heterocycles. The number of carboxylic acids is 3. The van der Waals surface area contributed by atoms with Gasteiger partial charge in [0.05, 0.1) is 19.1 Å². The fourth-order valence-corrected chi connectivity index (χ4v) is 7.93. The number of nitrogens with two attached hydrogens (primary N) is 2. The number of aliphatic hydroxyl groups is 1. The number of fused-ring (bicyclic) bond motifs is 1. The molecule has 2 aromatic rings. The summed E-state index contributed by atoms with van der Waals surface area (Å²) in [6.07, 6.45) is 0.187. The van der Waals surface area contributed by atoms with Crippen LogP contribution in [0.4, 0.5) is 0 Å². The van der Waals surface area contributed by atoms with E-state index < -0.39 is 139 Å². The number of aromatic amines is 1. The van der Waals surface area contributed by atoms with Gasteiger partial charge in [0.15, 0.2) is 0 Å². The molecule has 9 atom stereocenters. The lowest BCUT2D eigenvalue weighted by molar-refractivity contribution is -0.143. The molecule has 424 valence electrons. The number of benzene rings is 1. The van der Waals surface area contributed by atoms with Crippen molar-refractivity contribution in [2.45, 2.75) is 167 Å². The number of carbonyl (C=O) groups excluding carboxylic acids is 8. The number of amides is 8. The Kier molecular flexibility index (Phi) is 27.6. The van der Waals surface area contributed by atoms with E-state index in [1.54, 1.807) is 58.2 Å². The van der Waals surface area contributed by atoms with Crippen LogP contribution in [0.3, 0.4) is 0 Å². The lowest BCUT2D eigenvalue weighted by Gasteiger charge is -2.28. The summed E-state index contributed by atoms with van der Waals surface area (Å²) in [6.45, 7) is 11.0. The summed E-state index contributed by atoms with van der Waals surface area (Å²) in [5.41, 5.74) is 13.0. The van der Waals surface area contributed by atoms with Gasteiger partial charge in [-0.25, -0.2) is 4.79 Å². The molecule has 0 unspecified atom stereocenters. The number of nitrogens with one attached hydrogen (secondary N) is 9. The summed E-state index contributed by atoms with van der Waals surface area (Å²) in [7, 11) is 0. The third-order valence-electron chi connectivity index (χ3n) is 11.9. The Bertz CT molecular complexity index is 2320. The van der Waals surface area contributed by atoms with Crippen molar-refractivity contribution in [2.24, 2.45) is 29.2 Å². The van der Waals surface area contributed by atoms with Crippen molar-refractivity contribution in [3.63, 3.8) is 0 Å². The van der Waals surface area contributed by atoms with Gasteiger partial charge in [0.1, 0.15) is 48.3 Å². The summed E-state index contributed by atoms with van der Waals surface area (Å²) in [6, 6.07) is -6.10. The second-order valence-electron chi connectivity index (χ2n) is 20.1. The number of unbranched alkanes of at least 4 members (excludes halogenated alkanes) is 1. The number of rotatable bonds is 35. The largest absolute Gasteiger partial charge is 0.481 e. The van der Waals surface area contributed by atoms with Crippen LogP contribution in [-0.2, 0) is 59.2 Å². The molecule has 0 bridgehead atoms. The predicted molar refractivity (Wildman–Crippen MR) is 276 cm³/mol. The summed E-state index contributed by atoms with van der Waals surface area (Å²) >= 11 is 0. The summed E-state index contributed by atoms with van der Waals surface area (Å²) in [5, 5.41) is 59.0. The minimum atomic E-state index is -1.86. The number of H-pyrrole nitrogens is 1. The predicted octanol–water partition coefficient (Wildman–Crippen LogP) is -1.38. The standard InChI is InChI=1S/C50H79N11O15/c1-25(2)18-31(52)43(68)55-34(15-16-40(63)64)45(70)57-35(19-26(3)4)47(72)59-37(22-41(65)66)48(73)56-33(14-10-11-17-51)44(69)58-36(21-29-23-53-32-13-9-8-12-30(29)32)46(71)54-28(7)42(67)61-39(24-62)49(74)60-38(50(75)76)20-27(5)6/h8-9,12-13,23,25-28,31,33-39,53,62H,10-11,14-22,24,51-52H2,1-7H3,(H,54,71)(H,55,68)(H,56,73)(H,57,70)(H,58,69)(H,59,72)(H,60,74)(H,61,67)(H,63,64)(H,65,66)(H,75,76)/t28-,31-,33-,34-,35-,36-,37-,38-,39-/m0/s1. The van der Waals surface area contributed by atoms with Gasteiger partial charge < -0.3 is 79.4 Å². The Morgan fingerprint density at radius 3 is 1.57 bits per heavy atom. The minimum absolute atomic E-state index is 0.00355. The van der Waals surface area contributed by atoms with Crippen LogP contribution in [-0.4, -0.2) is 158 Å². The summed E-state index contributed by atoms with van der Waals surface area (Å²) in [4.78, 5) is 148. The van der Waals surface area contributed by atoms with E-state index in [2.05, 4.69) is 47.5 Å². The molecule has 0 aliphatic heterocycles. The fraction of sp³-hybridized carbons (Fsp3) is 0.620. The molecule has 0 radical (unpaired) electrons. The number of hydrogen-bond donors (Lipinski definition) is 15. The van der Waals surface area contributed by atoms with E-state index in [1.807, 2.05) is 13.8 Å². The Morgan fingerprint density at radius 2 is 1.00 bits per heavy atom. The lowest BCUT2D eigenvalue weighted by Crippen LogP contribution is -2.60. The highest BCUT2D eigenvalue weighted by molar-refractivity contribution is 5.99. The Morgan fingerprint density at radius 1 is 0.526 bits per heavy atom. The second-order valence-corrected chi connectivity index (χ2v) is 20.1. The van der Waals surface area contributed by atoms with Gasteiger partial charge >= 0.3 is 17.9 Å². The van der Waals surface area contributed by atoms with Gasteiger partial charge in [0.2, 0.25) is 47.3 Å². The zero-order valence-electron chi connectivity index (χ0n) is 44.2. The van der Waals surface area contributed by atoms with Gasteiger partial charge in [-0.05, 0) is 87.8 Å². The van der Waals surface area contributed by atoms with Crippen LogP contribution < -0.4 is 54.0 Å². The van der Waals surface area contributed by atoms with Gasteiger partial charge in [-0.3, -0.25) is 47.9 Å². The van der Waals surface area contributed by atoms with Crippen LogP contribution in [0.15, 0.2) is 30.5 Å². The van der Waals surface area contributed by atoms with E-state index >= 15 is 0 Å². The molecule has 2 rings (SSSR count). The van der Waals surface area contributed by atoms with Gasteiger partial charge in [0, 0.05) is 29.9 Å². The highest BCUT2D eigenvalue weighted by Crippen LogP contribution is 2.20. The zero-order valence-corrected chi connectivity index (χ0v) is 44.2. The maximum Gasteiger partial charge on any atom is 0.326 e. The third kappa shape index (κ3) is 22.7. The molecule has 76 heavy (non-hydrogen) atoms. The number of para-hydroxylation sites is 1. The minimum Gasteiger partial charge on any atom is -0.481 e. The molecule has 0 spiro atoms. The van der Waals surface area contributed by atoms with E-state index in [1.165, 1.54) is 6.92 Å². The van der Waals surface area contributed by atoms with Gasteiger partial charge in [0.25, 0.3) is 0 Å². The molecule has 26 nitrogen and oxygen atoms in total. The molecule has 1 aromatic carbocycles. The highest BCUT2D eigenvalue weighted by Gasteiger charge is 2.36. The zero-order chi connectivity index (χ0) is 57.4. The van der Waals surface area contributed by atoms with Crippen molar-refractivity contribution in [1.82, 2.24) is 47.5 Å². The first-order valence-electron chi connectivity index (χ1n) is 25.4. The molecule has 0 saturated carbocycles. The molecule has 1 heterocycles. The molecule has 8 amide bonds. The molecule has 17 N–H and O–H groups in total. The molecular weight excluding hydrogens is 995 g/mol. The van der Waals surface area contributed by atoms with Gasteiger partial charge in [-0.2, -0.15) is 0 Å².